The first-order valence-corrected chi connectivity index (χ1v) is 7.28. The van der Waals surface area contributed by atoms with Crippen LogP contribution in [-0.2, 0) is 9.59 Å². The lowest BCUT2D eigenvalue weighted by Gasteiger charge is -2.13. The molecule has 2 N–H and O–H groups in total. The minimum atomic E-state index is -1.10. The van der Waals surface area contributed by atoms with Crippen LogP contribution in [0.1, 0.15) is 36.0 Å². The smallest absolute Gasteiger partial charge is 0.326 e. The molecule has 0 aromatic heterocycles. The number of nitrogens with one attached hydrogen (secondary N) is 1. The molecular weight excluding hydrogens is 298 g/mol. The van der Waals surface area contributed by atoms with Crippen molar-refractivity contribution in [3.63, 3.8) is 0 Å². The maximum Gasteiger partial charge on any atom is 0.326 e. The van der Waals surface area contributed by atoms with Crippen LogP contribution >= 0.6 is 0 Å². The number of methoxy groups -OCH3 is 1. The third kappa shape index (κ3) is 6.34. The molecule has 0 saturated heterocycles. The number of rotatable bonds is 10. The number of amides is 1. The standard InChI is InChI=1S/C17H21NO5/c1-3-4-5-14(17(21)22)18-16(20)11-10-15(19)12-6-8-13(23-2)9-7-12/h3,6-9,14H,1,4-5,10-11H2,2H3,(H,18,20)(H,21,22). The molecule has 1 atom stereocenters. The zero-order chi connectivity index (χ0) is 17.2. The van der Waals surface area contributed by atoms with Crippen LogP contribution in [0.5, 0.6) is 5.75 Å². The van der Waals surface area contributed by atoms with Crippen molar-refractivity contribution in [3.05, 3.63) is 42.5 Å². The predicted octanol–water partition coefficient (Wildman–Crippen LogP) is 2.19. The van der Waals surface area contributed by atoms with Crippen molar-refractivity contribution in [2.24, 2.45) is 0 Å². The molecule has 124 valence electrons. The average Bonchev–Trinajstić information content (AvgIpc) is 2.56. The van der Waals surface area contributed by atoms with Crippen molar-refractivity contribution in [3.8, 4) is 5.75 Å². The first-order chi connectivity index (χ1) is 11.0. The zero-order valence-electron chi connectivity index (χ0n) is 13.1. The monoisotopic (exact) mass is 319 g/mol. The SMILES string of the molecule is C=CCCC(NC(=O)CCC(=O)c1ccc(OC)cc1)C(=O)O. The van der Waals surface area contributed by atoms with Crippen LogP contribution in [-0.4, -0.2) is 35.9 Å². The van der Waals surface area contributed by atoms with E-state index in [0.29, 0.717) is 17.7 Å². The third-order valence-electron chi connectivity index (χ3n) is 3.28. The Morgan fingerprint density at radius 2 is 1.91 bits per heavy atom. The molecule has 23 heavy (non-hydrogen) atoms. The second-order valence-corrected chi connectivity index (χ2v) is 4.98. The Hall–Kier alpha value is -2.63. The number of hydrogen-bond acceptors (Lipinski definition) is 4. The Morgan fingerprint density at radius 1 is 1.26 bits per heavy atom. The van der Waals surface area contributed by atoms with Gasteiger partial charge in [-0.3, -0.25) is 9.59 Å². The maximum absolute atomic E-state index is 12.0. The molecule has 0 saturated carbocycles. The molecular formula is C17H21NO5. The summed E-state index contributed by atoms with van der Waals surface area (Å²) in [6, 6.07) is 5.63. The average molecular weight is 319 g/mol. The van der Waals surface area contributed by atoms with Crippen molar-refractivity contribution in [1.82, 2.24) is 5.32 Å². The van der Waals surface area contributed by atoms with Gasteiger partial charge < -0.3 is 15.2 Å². The normalized spacial score (nSPS) is 11.3. The van der Waals surface area contributed by atoms with Gasteiger partial charge in [0.2, 0.25) is 5.91 Å². The molecule has 0 aliphatic rings. The van der Waals surface area contributed by atoms with E-state index in [0.717, 1.165) is 0 Å². The number of hydrogen-bond donors (Lipinski definition) is 2. The minimum Gasteiger partial charge on any atom is -0.497 e. The van der Waals surface area contributed by atoms with Crippen LogP contribution in [0.2, 0.25) is 0 Å². The molecule has 0 aliphatic carbocycles. The van der Waals surface area contributed by atoms with E-state index in [4.69, 9.17) is 9.84 Å². The minimum absolute atomic E-state index is 0.0198. The van der Waals surface area contributed by atoms with E-state index < -0.39 is 17.9 Å². The fourth-order valence-electron chi connectivity index (χ4n) is 1.96. The third-order valence-corrected chi connectivity index (χ3v) is 3.28. The van der Waals surface area contributed by atoms with Gasteiger partial charge in [-0.05, 0) is 37.1 Å². The van der Waals surface area contributed by atoms with Gasteiger partial charge in [0.25, 0.3) is 0 Å². The molecule has 0 aliphatic heterocycles. The van der Waals surface area contributed by atoms with Crippen LogP contribution in [0.4, 0.5) is 0 Å². The molecule has 0 bridgehead atoms. The van der Waals surface area contributed by atoms with Crippen LogP contribution in [0.25, 0.3) is 0 Å². The van der Waals surface area contributed by atoms with Gasteiger partial charge in [-0.2, -0.15) is 0 Å². The first kappa shape index (κ1) is 18.4. The summed E-state index contributed by atoms with van der Waals surface area (Å²) in [5, 5.41) is 11.4. The van der Waals surface area contributed by atoms with Crippen molar-refractivity contribution in [2.75, 3.05) is 7.11 Å². The number of allylic oxidation sites excluding steroid dienone is 1. The summed E-state index contributed by atoms with van der Waals surface area (Å²) in [6.45, 7) is 3.52. The van der Waals surface area contributed by atoms with Crippen molar-refractivity contribution < 1.29 is 24.2 Å². The maximum atomic E-state index is 12.0. The molecule has 6 nitrogen and oxygen atoms in total. The summed E-state index contributed by atoms with van der Waals surface area (Å²) < 4.78 is 5.01. The van der Waals surface area contributed by atoms with E-state index >= 15 is 0 Å². The van der Waals surface area contributed by atoms with Gasteiger partial charge in [0.15, 0.2) is 5.78 Å². The summed E-state index contributed by atoms with van der Waals surface area (Å²) in [7, 11) is 1.53. The Morgan fingerprint density at radius 3 is 2.43 bits per heavy atom. The molecule has 6 heteroatoms. The number of carboxylic acid groups (broad SMARTS) is 1. The number of carbonyl (C=O) groups is 3. The summed E-state index contributed by atoms with van der Waals surface area (Å²) in [6.07, 6.45) is 2.32. The molecule has 0 spiro atoms. The fourth-order valence-corrected chi connectivity index (χ4v) is 1.96. The number of benzene rings is 1. The molecule has 0 radical (unpaired) electrons. The molecule has 1 aromatic rings. The molecule has 0 fully saturated rings. The van der Waals surface area contributed by atoms with Gasteiger partial charge in [-0.25, -0.2) is 4.79 Å². The number of ketones is 1. The number of ether oxygens (including phenoxy) is 1. The fraction of sp³-hybridized carbons (Fsp3) is 0.353. The number of carbonyl (C=O) groups excluding carboxylic acids is 2. The van der Waals surface area contributed by atoms with Gasteiger partial charge >= 0.3 is 5.97 Å². The van der Waals surface area contributed by atoms with Crippen molar-refractivity contribution >= 4 is 17.7 Å². The lowest BCUT2D eigenvalue weighted by atomic mass is 10.1. The van der Waals surface area contributed by atoms with Crippen LogP contribution in [0.3, 0.4) is 0 Å². The van der Waals surface area contributed by atoms with Gasteiger partial charge in [0, 0.05) is 18.4 Å². The van der Waals surface area contributed by atoms with Crippen LogP contribution in [0.15, 0.2) is 36.9 Å². The van der Waals surface area contributed by atoms with Gasteiger partial charge in [0.05, 0.1) is 7.11 Å². The largest absolute Gasteiger partial charge is 0.497 e. The summed E-state index contributed by atoms with van der Waals surface area (Å²) in [5.74, 6) is -1.09. The summed E-state index contributed by atoms with van der Waals surface area (Å²) in [4.78, 5) is 34.8. The number of Topliss-reactive ketones (excluding diaryl/α,β-unsaturated/α-hetero) is 1. The van der Waals surface area contributed by atoms with Gasteiger partial charge in [0.1, 0.15) is 11.8 Å². The van der Waals surface area contributed by atoms with Crippen molar-refractivity contribution in [1.29, 1.82) is 0 Å². The highest BCUT2D eigenvalue weighted by Crippen LogP contribution is 2.13. The Kier molecular flexibility index (Phi) is 7.53. The van der Waals surface area contributed by atoms with E-state index in [9.17, 15) is 14.4 Å². The van der Waals surface area contributed by atoms with E-state index in [2.05, 4.69) is 11.9 Å². The topological polar surface area (TPSA) is 92.7 Å². The Bertz CT molecular complexity index is 565. The van der Waals surface area contributed by atoms with E-state index in [1.807, 2.05) is 0 Å². The summed E-state index contributed by atoms with van der Waals surface area (Å²) >= 11 is 0. The van der Waals surface area contributed by atoms with E-state index in [1.54, 1.807) is 30.3 Å². The highest BCUT2D eigenvalue weighted by Gasteiger charge is 2.19. The number of carboxylic acids is 1. The second kappa shape index (κ2) is 9.40. The van der Waals surface area contributed by atoms with Crippen LogP contribution < -0.4 is 10.1 Å². The highest BCUT2D eigenvalue weighted by molar-refractivity contribution is 5.98. The number of aliphatic carboxylic acids is 1. The molecule has 0 heterocycles. The zero-order valence-corrected chi connectivity index (χ0v) is 13.1. The molecule has 1 rings (SSSR count). The first-order valence-electron chi connectivity index (χ1n) is 7.28. The lowest BCUT2D eigenvalue weighted by Crippen LogP contribution is -2.40. The molecule has 1 aromatic carbocycles. The second-order valence-electron chi connectivity index (χ2n) is 4.98. The predicted molar refractivity (Wildman–Crippen MR) is 85.6 cm³/mol. The van der Waals surface area contributed by atoms with Gasteiger partial charge in [-0.15, -0.1) is 6.58 Å². The summed E-state index contributed by atoms with van der Waals surface area (Å²) in [5.41, 5.74) is 0.486. The quantitative estimate of drug-likeness (QED) is 0.509. The Balaban J connectivity index is 2.48. The van der Waals surface area contributed by atoms with Crippen molar-refractivity contribution in [2.45, 2.75) is 31.7 Å². The highest BCUT2D eigenvalue weighted by atomic mass is 16.5. The van der Waals surface area contributed by atoms with E-state index in [1.165, 1.54) is 7.11 Å². The molecule has 1 unspecified atom stereocenters. The Labute approximate surface area is 135 Å². The van der Waals surface area contributed by atoms with Crippen LogP contribution in [0, 0.1) is 0 Å². The van der Waals surface area contributed by atoms with E-state index in [-0.39, 0.29) is 25.0 Å². The van der Waals surface area contributed by atoms with Gasteiger partial charge in [-0.1, -0.05) is 6.08 Å². The molecule has 1 amide bonds. The lowest BCUT2D eigenvalue weighted by molar-refractivity contribution is -0.142.